The first-order chi connectivity index (χ1) is 11.0. The van der Waals surface area contributed by atoms with Crippen LogP contribution in [0.25, 0.3) is 0 Å². The van der Waals surface area contributed by atoms with Crippen LogP contribution in [-0.4, -0.2) is 18.0 Å². The predicted molar refractivity (Wildman–Crippen MR) is 99.2 cm³/mol. The average Bonchev–Trinajstić information content (AvgIpc) is 2.50. The smallest absolute Gasteiger partial charge is 0.312 e. The second-order valence-electron chi connectivity index (χ2n) is 5.20. The summed E-state index contributed by atoms with van der Waals surface area (Å²) in [7, 11) is 0. The molecule has 6 heteroatoms. The Kier molecular flexibility index (Phi) is 5.97. The molecule has 0 saturated heterocycles. The summed E-state index contributed by atoms with van der Waals surface area (Å²) in [6.45, 7) is 1.92. The molecular formula is C17H18IN3O2. The molecule has 23 heavy (non-hydrogen) atoms. The van der Waals surface area contributed by atoms with E-state index in [1.165, 1.54) is 0 Å². The normalized spacial score (nSPS) is 11.6. The van der Waals surface area contributed by atoms with Crippen LogP contribution in [0.3, 0.4) is 0 Å². The van der Waals surface area contributed by atoms with Gasteiger partial charge in [0.25, 0.3) is 0 Å². The summed E-state index contributed by atoms with van der Waals surface area (Å²) in [4.78, 5) is 23.7. The molecular weight excluding hydrogens is 405 g/mol. The van der Waals surface area contributed by atoms with Crippen molar-refractivity contribution in [1.82, 2.24) is 5.32 Å². The average molecular weight is 423 g/mol. The Hall–Kier alpha value is -2.09. The van der Waals surface area contributed by atoms with E-state index in [9.17, 15) is 9.59 Å². The number of rotatable bonds is 5. The standard InChI is InChI=1S/C17H18IN3O2/c1-11-9-13(18)7-8-14(11)20-16(22)15(21-17(19)23)10-12-5-3-2-4-6-12/h2-9,15H,10H2,1H3,(H,20,22)(H3,19,21,23). The summed E-state index contributed by atoms with van der Waals surface area (Å²) in [5.74, 6) is -0.294. The molecule has 4 N–H and O–H groups in total. The number of carbonyl (C=O) groups is 2. The lowest BCUT2D eigenvalue weighted by Gasteiger charge is -2.18. The summed E-state index contributed by atoms with van der Waals surface area (Å²) >= 11 is 2.21. The molecule has 120 valence electrons. The lowest BCUT2D eigenvalue weighted by molar-refractivity contribution is -0.117. The molecule has 5 nitrogen and oxygen atoms in total. The lowest BCUT2D eigenvalue weighted by atomic mass is 10.0. The van der Waals surface area contributed by atoms with Crippen LogP contribution in [0.5, 0.6) is 0 Å². The number of urea groups is 1. The molecule has 0 aliphatic heterocycles. The number of halogens is 1. The van der Waals surface area contributed by atoms with Gasteiger partial charge in [0.05, 0.1) is 0 Å². The van der Waals surface area contributed by atoms with Crippen LogP contribution in [0.2, 0.25) is 0 Å². The van der Waals surface area contributed by atoms with E-state index in [2.05, 4.69) is 33.2 Å². The molecule has 2 aromatic carbocycles. The number of benzene rings is 2. The maximum Gasteiger partial charge on any atom is 0.312 e. The summed E-state index contributed by atoms with van der Waals surface area (Å²) in [6.07, 6.45) is 0.374. The van der Waals surface area contributed by atoms with Crippen molar-refractivity contribution in [3.05, 3.63) is 63.2 Å². The number of primary amides is 1. The molecule has 0 aromatic heterocycles. The second-order valence-corrected chi connectivity index (χ2v) is 6.45. The van der Waals surface area contributed by atoms with Crippen LogP contribution < -0.4 is 16.4 Å². The van der Waals surface area contributed by atoms with Crippen molar-refractivity contribution in [1.29, 1.82) is 0 Å². The fourth-order valence-electron chi connectivity index (χ4n) is 2.22. The number of hydrogen-bond donors (Lipinski definition) is 3. The van der Waals surface area contributed by atoms with Gasteiger partial charge in [-0.25, -0.2) is 4.79 Å². The van der Waals surface area contributed by atoms with Crippen LogP contribution in [0, 0.1) is 10.5 Å². The van der Waals surface area contributed by atoms with Crippen molar-refractivity contribution in [2.45, 2.75) is 19.4 Å². The molecule has 2 rings (SSSR count). The van der Waals surface area contributed by atoms with Crippen molar-refractivity contribution >= 4 is 40.2 Å². The Labute approximate surface area is 148 Å². The van der Waals surface area contributed by atoms with Gasteiger partial charge < -0.3 is 16.4 Å². The molecule has 0 saturated carbocycles. The minimum Gasteiger partial charge on any atom is -0.352 e. The van der Waals surface area contributed by atoms with Crippen LogP contribution in [0.4, 0.5) is 10.5 Å². The molecule has 0 radical (unpaired) electrons. The van der Waals surface area contributed by atoms with E-state index in [-0.39, 0.29) is 5.91 Å². The van der Waals surface area contributed by atoms with Crippen LogP contribution in [0.15, 0.2) is 48.5 Å². The Morgan fingerprint density at radius 3 is 2.48 bits per heavy atom. The van der Waals surface area contributed by atoms with Gasteiger partial charge in [-0.3, -0.25) is 4.79 Å². The van der Waals surface area contributed by atoms with Crippen molar-refractivity contribution in [3.63, 3.8) is 0 Å². The third-order valence-corrected chi connectivity index (χ3v) is 4.03. The molecule has 0 spiro atoms. The highest BCUT2D eigenvalue weighted by Gasteiger charge is 2.21. The van der Waals surface area contributed by atoms with Gasteiger partial charge >= 0.3 is 6.03 Å². The molecule has 1 atom stereocenters. The number of anilines is 1. The van der Waals surface area contributed by atoms with Gasteiger partial charge in [-0.1, -0.05) is 30.3 Å². The first-order valence-corrected chi connectivity index (χ1v) is 8.20. The third kappa shape index (κ3) is 5.24. The largest absolute Gasteiger partial charge is 0.352 e. The van der Waals surface area contributed by atoms with Gasteiger partial charge in [0.15, 0.2) is 0 Å². The van der Waals surface area contributed by atoms with Gasteiger partial charge in [-0.15, -0.1) is 0 Å². The lowest BCUT2D eigenvalue weighted by Crippen LogP contribution is -2.47. The molecule has 3 amide bonds. The number of aryl methyl sites for hydroxylation is 1. The van der Waals surface area contributed by atoms with Gasteiger partial charge in [-0.05, 0) is 58.8 Å². The number of nitrogens with one attached hydrogen (secondary N) is 2. The molecule has 0 fully saturated rings. The van der Waals surface area contributed by atoms with Gasteiger partial charge in [0.1, 0.15) is 6.04 Å². The van der Waals surface area contributed by atoms with Crippen LogP contribution in [0.1, 0.15) is 11.1 Å². The zero-order chi connectivity index (χ0) is 16.8. The van der Waals surface area contributed by atoms with E-state index in [1.54, 1.807) is 0 Å². The Morgan fingerprint density at radius 2 is 1.87 bits per heavy atom. The van der Waals surface area contributed by atoms with Crippen molar-refractivity contribution in [2.24, 2.45) is 5.73 Å². The zero-order valence-corrected chi connectivity index (χ0v) is 14.8. The molecule has 0 aliphatic carbocycles. The monoisotopic (exact) mass is 423 g/mol. The number of hydrogen-bond acceptors (Lipinski definition) is 2. The quantitative estimate of drug-likeness (QED) is 0.647. The van der Waals surface area contributed by atoms with Crippen molar-refractivity contribution in [3.8, 4) is 0 Å². The highest BCUT2D eigenvalue weighted by atomic mass is 127. The zero-order valence-electron chi connectivity index (χ0n) is 12.7. The minimum absolute atomic E-state index is 0.294. The fourth-order valence-corrected chi connectivity index (χ4v) is 2.86. The third-order valence-electron chi connectivity index (χ3n) is 3.36. The summed E-state index contributed by atoms with van der Waals surface area (Å²) in [5, 5.41) is 5.36. The molecule has 0 aliphatic rings. The summed E-state index contributed by atoms with van der Waals surface area (Å²) in [5.41, 5.74) is 7.82. The number of nitrogens with two attached hydrogens (primary N) is 1. The topological polar surface area (TPSA) is 84.2 Å². The van der Waals surface area contributed by atoms with E-state index in [4.69, 9.17) is 5.73 Å². The van der Waals surface area contributed by atoms with E-state index in [1.807, 2.05) is 55.5 Å². The van der Waals surface area contributed by atoms with Crippen LogP contribution >= 0.6 is 22.6 Å². The minimum atomic E-state index is -0.728. The molecule has 2 aromatic rings. The van der Waals surface area contributed by atoms with Gasteiger partial charge in [0, 0.05) is 15.7 Å². The van der Waals surface area contributed by atoms with Crippen LogP contribution in [-0.2, 0) is 11.2 Å². The first-order valence-electron chi connectivity index (χ1n) is 7.12. The van der Waals surface area contributed by atoms with Gasteiger partial charge in [-0.2, -0.15) is 0 Å². The highest BCUT2D eigenvalue weighted by Crippen LogP contribution is 2.18. The van der Waals surface area contributed by atoms with E-state index >= 15 is 0 Å². The first kappa shape index (κ1) is 17.3. The Morgan fingerprint density at radius 1 is 1.17 bits per heavy atom. The fraction of sp³-hybridized carbons (Fsp3) is 0.176. The highest BCUT2D eigenvalue weighted by molar-refractivity contribution is 14.1. The van der Waals surface area contributed by atoms with Gasteiger partial charge in [0.2, 0.25) is 5.91 Å². The number of amides is 3. The van der Waals surface area contributed by atoms with E-state index < -0.39 is 12.1 Å². The Balaban J connectivity index is 2.14. The maximum absolute atomic E-state index is 12.5. The number of carbonyl (C=O) groups excluding carboxylic acids is 2. The predicted octanol–water partition coefficient (Wildman–Crippen LogP) is 2.82. The van der Waals surface area contributed by atoms with E-state index in [0.29, 0.717) is 6.42 Å². The second kappa shape index (κ2) is 7.96. The molecule has 0 heterocycles. The summed E-state index contributed by atoms with van der Waals surface area (Å²) in [6, 6.07) is 13.8. The molecule has 0 bridgehead atoms. The molecule has 1 unspecified atom stereocenters. The SMILES string of the molecule is Cc1cc(I)ccc1NC(=O)C(Cc1ccccc1)NC(N)=O. The summed E-state index contributed by atoms with van der Waals surface area (Å²) < 4.78 is 1.09. The van der Waals surface area contributed by atoms with Crippen molar-refractivity contribution < 1.29 is 9.59 Å². The maximum atomic E-state index is 12.5. The van der Waals surface area contributed by atoms with E-state index in [0.717, 1.165) is 20.4 Å². The Bertz CT molecular complexity index is 704. The van der Waals surface area contributed by atoms with Crippen molar-refractivity contribution in [2.75, 3.05) is 5.32 Å².